The highest BCUT2D eigenvalue weighted by Gasteiger charge is 2.26. The van der Waals surface area contributed by atoms with Crippen LogP contribution < -0.4 is 5.32 Å². The van der Waals surface area contributed by atoms with E-state index >= 15 is 0 Å². The van der Waals surface area contributed by atoms with Crippen LogP contribution in [0.4, 0.5) is 13.2 Å². The van der Waals surface area contributed by atoms with Crippen LogP contribution in [0.15, 0.2) is 0 Å². The summed E-state index contributed by atoms with van der Waals surface area (Å²) in [6, 6.07) is 0. The Kier molecular flexibility index (Phi) is 4.68. The zero-order valence-electron chi connectivity index (χ0n) is 8.24. The highest BCUT2D eigenvalue weighted by Crippen LogP contribution is 2.21. The molecule has 0 saturated carbocycles. The van der Waals surface area contributed by atoms with Gasteiger partial charge in [0.15, 0.2) is 0 Å². The quantitative estimate of drug-likeness (QED) is 0.761. The highest BCUT2D eigenvalue weighted by atomic mass is 19.4. The molecule has 1 saturated heterocycles. The van der Waals surface area contributed by atoms with Crippen LogP contribution in [0.1, 0.15) is 19.3 Å². The van der Waals surface area contributed by atoms with Gasteiger partial charge in [0.25, 0.3) is 0 Å². The molecule has 1 aliphatic heterocycles. The monoisotopic (exact) mass is 210 g/mol. The van der Waals surface area contributed by atoms with Gasteiger partial charge in [-0.05, 0) is 32.5 Å². The molecule has 0 amide bonds. The normalized spacial score (nSPS) is 20.8. The number of halogens is 3. The Morgan fingerprint density at radius 2 is 1.93 bits per heavy atom. The first-order valence-electron chi connectivity index (χ1n) is 5.08. The Bertz CT molecular complexity index is 151. The molecule has 1 fully saturated rings. The van der Waals surface area contributed by atoms with E-state index in [0.717, 1.165) is 32.6 Å². The van der Waals surface area contributed by atoms with Crippen LogP contribution in [0.2, 0.25) is 0 Å². The second-order valence-corrected chi connectivity index (χ2v) is 3.66. The molecule has 0 bridgehead atoms. The molecule has 0 aromatic heterocycles. The molecule has 5 heteroatoms. The Balaban J connectivity index is 2.10. The van der Waals surface area contributed by atoms with Gasteiger partial charge in [0.1, 0.15) is 0 Å². The first-order chi connectivity index (χ1) is 6.58. The molecule has 1 aliphatic rings. The van der Waals surface area contributed by atoms with E-state index in [0.29, 0.717) is 6.54 Å². The van der Waals surface area contributed by atoms with Gasteiger partial charge >= 0.3 is 6.18 Å². The van der Waals surface area contributed by atoms with E-state index in [2.05, 4.69) is 10.2 Å². The first-order valence-corrected chi connectivity index (χ1v) is 5.08. The van der Waals surface area contributed by atoms with Crippen LogP contribution >= 0.6 is 0 Å². The van der Waals surface area contributed by atoms with Gasteiger partial charge in [-0.1, -0.05) is 0 Å². The maximum Gasteiger partial charge on any atom is 0.389 e. The summed E-state index contributed by atoms with van der Waals surface area (Å²) in [7, 11) is 0. The van der Waals surface area contributed by atoms with E-state index in [-0.39, 0.29) is 6.42 Å². The number of hydrogen-bond donors (Lipinski definition) is 1. The van der Waals surface area contributed by atoms with E-state index < -0.39 is 12.6 Å². The summed E-state index contributed by atoms with van der Waals surface area (Å²) in [6.07, 6.45) is -3.39. The largest absolute Gasteiger partial charge is 0.389 e. The highest BCUT2D eigenvalue weighted by molar-refractivity contribution is 4.66. The maximum absolute atomic E-state index is 11.9. The molecule has 0 atom stereocenters. The van der Waals surface area contributed by atoms with Crippen molar-refractivity contribution in [3.8, 4) is 0 Å². The topological polar surface area (TPSA) is 15.3 Å². The van der Waals surface area contributed by atoms with E-state index in [9.17, 15) is 13.2 Å². The van der Waals surface area contributed by atoms with Crippen molar-refractivity contribution in [3.63, 3.8) is 0 Å². The molecule has 0 radical (unpaired) electrons. The van der Waals surface area contributed by atoms with Crippen molar-refractivity contribution in [2.75, 3.05) is 32.7 Å². The average Bonchev–Trinajstić information content (AvgIpc) is 2.30. The van der Waals surface area contributed by atoms with Gasteiger partial charge in [0.05, 0.1) is 0 Å². The third-order valence-corrected chi connectivity index (χ3v) is 2.37. The fourth-order valence-electron chi connectivity index (χ4n) is 1.63. The van der Waals surface area contributed by atoms with Crippen LogP contribution in [-0.4, -0.2) is 43.8 Å². The lowest BCUT2D eigenvalue weighted by atomic mass is 10.2. The lowest BCUT2D eigenvalue weighted by molar-refractivity contribution is -0.136. The Morgan fingerprint density at radius 1 is 1.14 bits per heavy atom. The molecular formula is C9H17F3N2. The van der Waals surface area contributed by atoms with E-state index in [1.807, 2.05) is 0 Å². The average molecular weight is 210 g/mol. The van der Waals surface area contributed by atoms with Crippen molar-refractivity contribution >= 4 is 0 Å². The summed E-state index contributed by atoms with van der Waals surface area (Å²) < 4.78 is 35.6. The second-order valence-electron chi connectivity index (χ2n) is 3.66. The van der Waals surface area contributed by atoms with Crippen LogP contribution in [0.25, 0.3) is 0 Å². The van der Waals surface area contributed by atoms with Gasteiger partial charge < -0.3 is 10.2 Å². The minimum absolute atomic E-state index is 0.226. The van der Waals surface area contributed by atoms with Crippen LogP contribution in [0.5, 0.6) is 0 Å². The third kappa shape index (κ3) is 5.44. The number of alkyl halides is 3. The minimum atomic E-state index is -4.00. The van der Waals surface area contributed by atoms with E-state index in [4.69, 9.17) is 0 Å². The zero-order valence-corrected chi connectivity index (χ0v) is 8.24. The van der Waals surface area contributed by atoms with Crippen molar-refractivity contribution in [2.45, 2.75) is 25.4 Å². The number of hydrogen-bond acceptors (Lipinski definition) is 2. The molecule has 14 heavy (non-hydrogen) atoms. The molecule has 0 aromatic carbocycles. The lowest BCUT2D eigenvalue weighted by Crippen LogP contribution is -2.29. The summed E-state index contributed by atoms with van der Waals surface area (Å²) in [5, 5.41) is 3.22. The van der Waals surface area contributed by atoms with Gasteiger partial charge in [-0.2, -0.15) is 13.2 Å². The van der Waals surface area contributed by atoms with Gasteiger partial charge in [-0.15, -0.1) is 0 Å². The minimum Gasteiger partial charge on any atom is -0.315 e. The molecular weight excluding hydrogens is 193 g/mol. The van der Waals surface area contributed by atoms with Crippen LogP contribution in [0.3, 0.4) is 0 Å². The van der Waals surface area contributed by atoms with Crippen molar-refractivity contribution in [2.24, 2.45) is 0 Å². The van der Waals surface area contributed by atoms with Gasteiger partial charge in [-0.25, -0.2) is 0 Å². The Labute approximate surface area is 82.5 Å². The van der Waals surface area contributed by atoms with Crippen LogP contribution in [0, 0.1) is 0 Å². The molecule has 2 nitrogen and oxygen atoms in total. The summed E-state index contributed by atoms with van der Waals surface area (Å²) in [5.74, 6) is 0. The Morgan fingerprint density at radius 3 is 2.64 bits per heavy atom. The van der Waals surface area contributed by atoms with Crippen LogP contribution in [-0.2, 0) is 0 Å². The fraction of sp³-hybridized carbons (Fsp3) is 1.00. The number of nitrogens with one attached hydrogen (secondary N) is 1. The molecule has 0 unspecified atom stereocenters. The van der Waals surface area contributed by atoms with Crippen molar-refractivity contribution in [1.29, 1.82) is 0 Å². The second kappa shape index (κ2) is 5.56. The van der Waals surface area contributed by atoms with Gasteiger partial charge in [0, 0.05) is 19.5 Å². The number of rotatable bonds is 3. The fourth-order valence-corrected chi connectivity index (χ4v) is 1.63. The predicted octanol–water partition coefficient (Wildman–Crippen LogP) is 1.62. The number of nitrogens with zero attached hydrogens (tertiary/aromatic N) is 1. The van der Waals surface area contributed by atoms with E-state index in [1.165, 1.54) is 0 Å². The zero-order chi connectivity index (χ0) is 10.4. The maximum atomic E-state index is 11.9. The van der Waals surface area contributed by atoms with Crippen molar-refractivity contribution < 1.29 is 13.2 Å². The first kappa shape index (κ1) is 11.8. The van der Waals surface area contributed by atoms with Crippen molar-refractivity contribution in [1.82, 2.24) is 10.2 Å². The van der Waals surface area contributed by atoms with Crippen molar-refractivity contribution in [3.05, 3.63) is 0 Å². The third-order valence-electron chi connectivity index (χ3n) is 2.37. The molecule has 1 heterocycles. The predicted molar refractivity (Wildman–Crippen MR) is 49.2 cm³/mol. The smallest absolute Gasteiger partial charge is 0.315 e. The Hall–Kier alpha value is -0.290. The lowest BCUT2D eigenvalue weighted by Gasteiger charge is -2.19. The van der Waals surface area contributed by atoms with Gasteiger partial charge in [0.2, 0.25) is 0 Å². The SMILES string of the molecule is FC(F)(F)CCCN1CCCNCC1. The summed E-state index contributed by atoms with van der Waals surface area (Å²) in [4.78, 5) is 2.10. The standard InChI is InChI=1S/C9H17F3N2/c10-9(11,12)3-1-6-14-7-2-4-13-5-8-14/h13H,1-8H2. The molecule has 1 rings (SSSR count). The summed E-state index contributed by atoms with van der Waals surface area (Å²) >= 11 is 0. The molecule has 84 valence electrons. The molecule has 1 N–H and O–H groups in total. The molecule has 0 spiro atoms. The molecule has 0 aliphatic carbocycles. The molecule has 0 aromatic rings. The van der Waals surface area contributed by atoms with Gasteiger partial charge in [-0.3, -0.25) is 0 Å². The summed E-state index contributed by atoms with van der Waals surface area (Å²) in [5.41, 5.74) is 0. The summed E-state index contributed by atoms with van der Waals surface area (Å²) in [6.45, 7) is 4.24. The van der Waals surface area contributed by atoms with E-state index in [1.54, 1.807) is 0 Å².